The summed E-state index contributed by atoms with van der Waals surface area (Å²) in [5.41, 5.74) is 3.73. The number of amides is 4. The molecule has 1 aromatic carbocycles. The largest absolute Gasteiger partial charge is 0.496 e. The number of carbonyl (C=O) groups is 4. The number of hydrogen-bond acceptors (Lipinski definition) is 11. The van der Waals surface area contributed by atoms with Crippen LogP contribution in [0, 0.1) is 6.92 Å². The molecule has 4 heterocycles. The Kier molecular flexibility index (Phi) is 11.0. The van der Waals surface area contributed by atoms with Crippen LogP contribution in [0.5, 0.6) is 17.4 Å². The highest BCUT2D eigenvalue weighted by Gasteiger charge is 2.59. The van der Waals surface area contributed by atoms with Gasteiger partial charge in [0.1, 0.15) is 40.7 Å². The summed E-state index contributed by atoms with van der Waals surface area (Å²) < 4.78 is 38.7. The molecule has 55 heavy (non-hydrogen) atoms. The summed E-state index contributed by atoms with van der Waals surface area (Å²) in [6, 6.07) is 4.68. The van der Waals surface area contributed by atoms with Gasteiger partial charge in [-0.05, 0) is 71.1 Å². The predicted octanol–water partition coefficient (Wildman–Crippen LogP) is 3.72. The number of nitrogens with zero attached hydrogens (tertiary/aromatic N) is 3. The number of benzene rings is 1. The second kappa shape index (κ2) is 15.9. The van der Waals surface area contributed by atoms with Crippen molar-refractivity contribution in [1.29, 1.82) is 0 Å². The van der Waals surface area contributed by atoms with Crippen LogP contribution >= 0.6 is 0 Å². The number of nitrogens with one attached hydrogen (secondary N) is 3. The number of pyridine rings is 1. The standard InChI is InChI=1S/C39H46N6O9S/c1-22(2)52-33-19-32(27-14-15-30(51-4)23(3)34(27)42-33)53-25-18-29-35(46)43-39(38(49)44-55(50)26-12-13-26)20-24(39)10-8-6-5-7-9-11-28(37(48)45(29)21-25)41-36(47)31-16-17-40-54-31/h8,14-17,19,22,25-26,28-29H,5-7,9,11-13,18,20-21H2,1-4H3,(H,41,47)(H,43,46)(H,44,49)/t10?,25-,28+,29+,39-,55?/m1/s1. The van der Waals surface area contributed by atoms with E-state index in [2.05, 4.69) is 26.2 Å². The van der Waals surface area contributed by atoms with E-state index in [1.54, 1.807) is 13.2 Å². The number of aromatic nitrogens is 2. The maximum atomic E-state index is 14.6. The summed E-state index contributed by atoms with van der Waals surface area (Å²) in [4.78, 5) is 62.1. The van der Waals surface area contributed by atoms with Gasteiger partial charge in [-0.25, -0.2) is 9.19 Å². The lowest BCUT2D eigenvalue weighted by Crippen LogP contribution is -2.57. The van der Waals surface area contributed by atoms with E-state index in [1.807, 2.05) is 39.0 Å². The molecule has 4 amide bonds. The number of hydrogen-bond donors (Lipinski definition) is 3. The fraction of sp³-hybridized carbons (Fsp3) is 0.513. The van der Waals surface area contributed by atoms with Crippen molar-refractivity contribution in [3.05, 3.63) is 59.2 Å². The molecule has 3 N–H and O–H groups in total. The highest BCUT2D eigenvalue weighted by molar-refractivity contribution is 7.84. The summed E-state index contributed by atoms with van der Waals surface area (Å²) >= 11 is 0. The van der Waals surface area contributed by atoms with Crippen LogP contribution in [0.3, 0.4) is 0 Å². The Hall–Kier alpha value is -5.21. The molecular weight excluding hydrogens is 729 g/mol. The Morgan fingerprint density at radius 2 is 1.95 bits per heavy atom. The molecular formula is C39H46N6O9S. The van der Waals surface area contributed by atoms with Crippen molar-refractivity contribution in [3.8, 4) is 17.4 Å². The highest BCUT2D eigenvalue weighted by Crippen LogP contribution is 2.44. The minimum Gasteiger partial charge on any atom is -0.496 e. The monoisotopic (exact) mass is 774 g/mol. The Morgan fingerprint density at radius 3 is 2.67 bits per heavy atom. The fourth-order valence-electron chi connectivity index (χ4n) is 7.15. The minimum absolute atomic E-state index is 0.00157. The number of rotatable bonds is 10. The third-order valence-electron chi connectivity index (χ3n) is 10.3. The van der Waals surface area contributed by atoms with Crippen molar-refractivity contribution in [2.75, 3.05) is 13.7 Å². The van der Waals surface area contributed by atoms with Gasteiger partial charge in [0.2, 0.25) is 23.5 Å². The molecule has 1 unspecified atom stereocenters. The van der Waals surface area contributed by atoms with Gasteiger partial charge in [0.25, 0.3) is 11.8 Å². The summed E-state index contributed by atoms with van der Waals surface area (Å²) in [5, 5.41) is 9.93. The van der Waals surface area contributed by atoms with Crippen molar-refractivity contribution in [2.24, 2.45) is 0 Å². The van der Waals surface area contributed by atoms with Gasteiger partial charge < -0.3 is 34.3 Å². The van der Waals surface area contributed by atoms with E-state index in [4.69, 9.17) is 23.7 Å². The fourth-order valence-corrected chi connectivity index (χ4v) is 8.23. The first-order chi connectivity index (χ1) is 26.5. The van der Waals surface area contributed by atoms with Gasteiger partial charge in [-0.15, -0.1) is 5.73 Å². The lowest BCUT2D eigenvalue weighted by molar-refractivity contribution is -0.141. The summed E-state index contributed by atoms with van der Waals surface area (Å²) in [7, 11) is 0.00208. The zero-order valence-corrected chi connectivity index (χ0v) is 32.2. The molecule has 292 valence electrons. The number of ether oxygens (including phenoxy) is 3. The predicted molar refractivity (Wildman–Crippen MR) is 201 cm³/mol. The first-order valence-corrected chi connectivity index (χ1v) is 20.0. The second-order valence-electron chi connectivity index (χ2n) is 14.8. The lowest BCUT2D eigenvalue weighted by atomic mass is 10.0. The van der Waals surface area contributed by atoms with Crippen molar-refractivity contribution in [1.82, 2.24) is 30.4 Å². The van der Waals surface area contributed by atoms with Crippen LogP contribution in [0.15, 0.2) is 52.4 Å². The van der Waals surface area contributed by atoms with Crippen LogP contribution in [0.1, 0.15) is 87.8 Å². The molecule has 15 nitrogen and oxygen atoms in total. The smallest absolute Gasteiger partial charge is 0.290 e. The van der Waals surface area contributed by atoms with Gasteiger partial charge in [-0.3, -0.25) is 23.9 Å². The highest BCUT2D eigenvalue weighted by atomic mass is 32.2. The van der Waals surface area contributed by atoms with Crippen molar-refractivity contribution in [3.63, 3.8) is 0 Å². The third kappa shape index (κ3) is 8.25. The molecule has 0 bridgehead atoms. The lowest BCUT2D eigenvalue weighted by Gasteiger charge is -2.29. The van der Waals surface area contributed by atoms with E-state index in [-0.39, 0.29) is 36.5 Å². The average molecular weight is 775 g/mol. The van der Waals surface area contributed by atoms with E-state index in [0.29, 0.717) is 53.1 Å². The normalized spacial score (nSPS) is 24.8. The van der Waals surface area contributed by atoms with E-state index in [0.717, 1.165) is 31.2 Å². The Labute approximate surface area is 321 Å². The third-order valence-corrected chi connectivity index (χ3v) is 11.8. The van der Waals surface area contributed by atoms with E-state index < -0.39 is 58.3 Å². The van der Waals surface area contributed by atoms with Gasteiger partial charge in [-0.1, -0.05) is 18.0 Å². The topological polar surface area (TPSA) is 191 Å². The Balaban J connectivity index is 1.23. The zero-order chi connectivity index (χ0) is 38.9. The molecule has 4 aliphatic rings. The maximum Gasteiger partial charge on any atom is 0.290 e. The van der Waals surface area contributed by atoms with Crippen LogP contribution in [0.25, 0.3) is 10.9 Å². The molecule has 1 saturated heterocycles. The SMILES string of the molecule is COc1ccc2c(O[C@@H]3C[C@H]4C(=O)N[C@]5(C(=O)NS(=O)C6CC6)CC5=C=CCCCCC[C@H](NC(=O)c5ccno5)C(=O)N4C3)cc(OC(C)C)nc2c1C. The maximum absolute atomic E-state index is 14.6. The van der Waals surface area contributed by atoms with Gasteiger partial charge in [0, 0.05) is 41.5 Å². The number of fused-ring (bicyclic) bond motifs is 3. The van der Waals surface area contributed by atoms with Crippen molar-refractivity contribution >= 4 is 45.5 Å². The first kappa shape index (κ1) is 38.1. The zero-order valence-electron chi connectivity index (χ0n) is 31.3. The molecule has 3 fully saturated rings. The van der Waals surface area contributed by atoms with Gasteiger partial charge in [-0.2, -0.15) is 0 Å². The van der Waals surface area contributed by atoms with Gasteiger partial charge >= 0.3 is 0 Å². The first-order valence-electron chi connectivity index (χ1n) is 18.8. The molecule has 7 rings (SSSR count). The summed E-state index contributed by atoms with van der Waals surface area (Å²) in [6.07, 6.45) is 7.24. The Morgan fingerprint density at radius 1 is 1.13 bits per heavy atom. The van der Waals surface area contributed by atoms with E-state index in [9.17, 15) is 23.4 Å². The molecule has 0 spiro atoms. The molecule has 2 aromatic heterocycles. The molecule has 3 aromatic rings. The molecule has 5 atom stereocenters. The summed E-state index contributed by atoms with van der Waals surface area (Å²) in [6.45, 7) is 5.67. The molecule has 0 radical (unpaired) electrons. The van der Waals surface area contributed by atoms with E-state index >= 15 is 0 Å². The van der Waals surface area contributed by atoms with Crippen LogP contribution in [-0.4, -0.2) is 91.6 Å². The van der Waals surface area contributed by atoms with Crippen molar-refractivity contribution < 1.29 is 42.1 Å². The van der Waals surface area contributed by atoms with Crippen molar-refractivity contribution in [2.45, 2.75) is 114 Å². The quantitative estimate of drug-likeness (QED) is 0.255. The summed E-state index contributed by atoms with van der Waals surface area (Å²) in [5.74, 6) is -0.866. The van der Waals surface area contributed by atoms with Crippen LogP contribution in [-0.2, 0) is 25.4 Å². The second-order valence-corrected chi connectivity index (χ2v) is 16.2. The minimum atomic E-state index is -1.58. The van der Waals surface area contributed by atoms with Gasteiger partial charge in [0.05, 0.1) is 36.7 Å². The van der Waals surface area contributed by atoms with E-state index in [1.165, 1.54) is 17.2 Å². The number of methoxy groups -OCH3 is 1. The van der Waals surface area contributed by atoms with Gasteiger partial charge in [0.15, 0.2) is 5.54 Å². The molecule has 2 saturated carbocycles. The molecule has 2 aliphatic heterocycles. The Bertz CT molecular complexity index is 2080. The number of aryl methyl sites for hydroxylation is 1. The number of carbonyl (C=O) groups excluding carboxylic acids is 4. The molecule has 2 aliphatic carbocycles. The average Bonchev–Trinajstić information content (AvgIpc) is 4.00. The van der Waals surface area contributed by atoms with Crippen LogP contribution in [0.4, 0.5) is 0 Å². The molecule has 16 heteroatoms. The van der Waals surface area contributed by atoms with Crippen LogP contribution in [0.2, 0.25) is 0 Å². The van der Waals surface area contributed by atoms with Crippen LogP contribution < -0.4 is 29.6 Å².